The van der Waals surface area contributed by atoms with Gasteiger partial charge in [-0.1, -0.05) is 0 Å². The summed E-state index contributed by atoms with van der Waals surface area (Å²) < 4.78 is 11.6. The Bertz CT molecular complexity index is 301. The zero-order chi connectivity index (χ0) is 14.6. The maximum atomic E-state index is 5.91. The fourth-order valence-corrected chi connectivity index (χ4v) is 3.90. The fraction of sp³-hybridized carbons (Fsp3) is 1.00. The molecular weight excluding hydrogens is 252 g/mol. The molecule has 0 spiro atoms. The molecule has 2 rings (SSSR count). The average molecular weight is 284 g/mol. The van der Waals surface area contributed by atoms with Gasteiger partial charge in [0.25, 0.3) is 0 Å². The van der Waals surface area contributed by atoms with Crippen molar-refractivity contribution >= 4 is 0 Å². The molecule has 1 N–H and O–H groups in total. The fourth-order valence-electron chi connectivity index (χ4n) is 3.90. The van der Waals surface area contributed by atoms with E-state index in [2.05, 4.69) is 38.2 Å². The van der Waals surface area contributed by atoms with Crippen LogP contribution in [0.2, 0.25) is 0 Å². The Morgan fingerprint density at radius 1 is 1.25 bits per heavy atom. The Labute approximate surface area is 124 Å². The highest BCUT2D eigenvalue weighted by atomic mass is 16.5. The van der Waals surface area contributed by atoms with Gasteiger partial charge in [0.2, 0.25) is 0 Å². The topological polar surface area (TPSA) is 33.7 Å². The van der Waals surface area contributed by atoms with Gasteiger partial charge in [-0.05, 0) is 53.6 Å². The number of nitrogens with zero attached hydrogens (tertiary/aromatic N) is 1. The molecule has 2 aliphatic heterocycles. The average Bonchev–Trinajstić information content (AvgIpc) is 2.79. The second-order valence-corrected chi connectivity index (χ2v) is 7.54. The van der Waals surface area contributed by atoms with Crippen molar-refractivity contribution in [3.63, 3.8) is 0 Å². The lowest BCUT2D eigenvalue weighted by Gasteiger charge is -2.46. The van der Waals surface area contributed by atoms with Crippen molar-refractivity contribution in [1.82, 2.24) is 10.2 Å². The third-order valence-corrected chi connectivity index (χ3v) is 4.47. The second-order valence-electron chi connectivity index (χ2n) is 7.54. The third kappa shape index (κ3) is 4.69. The van der Waals surface area contributed by atoms with E-state index in [0.717, 1.165) is 45.7 Å². The number of ether oxygens (including phenoxy) is 2. The van der Waals surface area contributed by atoms with Crippen LogP contribution in [0.25, 0.3) is 0 Å². The molecule has 0 amide bonds. The van der Waals surface area contributed by atoms with Gasteiger partial charge in [-0.15, -0.1) is 0 Å². The predicted octanol–water partition coefficient (Wildman–Crippen LogP) is 1.89. The van der Waals surface area contributed by atoms with E-state index in [-0.39, 0.29) is 5.60 Å². The summed E-state index contributed by atoms with van der Waals surface area (Å²) in [5.74, 6) is 0. The normalized spacial score (nSPS) is 33.8. The zero-order valence-corrected chi connectivity index (χ0v) is 13.7. The predicted molar refractivity (Wildman–Crippen MR) is 82.1 cm³/mol. The van der Waals surface area contributed by atoms with Gasteiger partial charge < -0.3 is 19.7 Å². The molecule has 4 nitrogen and oxygen atoms in total. The van der Waals surface area contributed by atoms with E-state index in [1.165, 1.54) is 12.8 Å². The molecule has 0 aliphatic carbocycles. The zero-order valence-electron chi connectivity index (χ0n) is 13.7. The lowest BCUT2D eigenvalue weighted by Crippen LogP contribution is -2.51. The Balaban J connectivity index is 1.88. The van der Waals surface area contributed by atoms with E-state index in [0.29, 0.717) is 11.5 Å². The van der Waals surface area contributed by atoms with E-state index in [9.17, 15) is 0 Å². The minimum Gasteiger partial charge on any atom is -0.377 e. The number of hydrogen-bond donors (Lipinski definition) is 1. The molecule has 0 radical (unpaired) electrons. The summed E-state index contributed by atoms with van der Waals surface area (Å²) in [6, 6.07) is 0. The summed E-state index contributed by atoms with van der Waals surface area (Å²) in [6.45, 7) is 9.44. The molecule has 2 saturated heterocycles. The van der Waals surface area contributed by atoms with Crippen LogP contribution >= 0.6 is 0 Å². The molecule has 2 aliphatic rings. The molecule has 2 heterocycles. The Kier molecular flexibility index (Phi) is 5.46. The van der Waals surface area contributed by atoms with Crippen molar-refractivity contribution < 1.29 is 9.47 Å². The first-order valence-electron chi connectivity index (χ1n) is 8.02. The van der Waals surface area contributed by atoms with Crippen molar-refractivity contribution in [2.75, 3.05) is 46.9 Å². The van der Waals surface area contributed by atoms with Gasteiger partial charge >= 0.3 is 0 Å². The van der Waals surface area contributed by atoms with Crippen LogP contribution in [0.3, 0.4) is 0 Å². The minimum atomic E-state index is -0.000200. The van der Waals surface area contributed by atoms with Gasteiger partial charge in [0.15, 0.2) is 0 Å². The van der Waals surface area contributed by atoms with E-state index in [1.54, 1.807) is 0 Å². The smallest absolute Gasteiger partial charge is 0.0700 e. The molecule has 0 aromatic rings. The molecule has 2 unspecified atom stereocenters. The van der Waals surface area contributed by atoms with Crippen LogP contribution < -0.4 is 5.32 Å². The molecule has 2 fully saturated rings. The van der Waals surface area contributed by atoms with Crippen LogP contribution in [0.4, 0.5) is 0 Å². The van der Waals surface area contributed by atoms with Gasteiger partial charge in [0.05, 0.1) is 11.7 Å². The van der Waals surface area contributed by atoms with E-state index in [1.807, 2.05) is 0 Å². The molecule has 0 aromatic carbocycles. The monoisotopic (exact) mass is 284 g/mol. The molecule has 118 valence electrons. The van der Waals surface area contributed by atoms with Crippen LogP contribution in [0, 0.1) is 5.41 Å². The molecule has 0 aromatic heterocycles. The molecular formula is C16H32N2O2. The van der Waals surface area contributed by atoms with Crippen LogP contribution in [0.15, 0.2) is 0 Å². The molecule has 2 atom stereocenters. The highest BCUT2D eigenvalue weighted by Gasteiger charge is 2.41. The highest BCUT2D eigenvalue weighted by molar-refractivity contribution is 4.93. The summed E-state index contributed by atoms with van der Waals surface area (Å²) in [7, 11) is 4.34. The van der Waals surface area contributed by atoms with Crippen molar-refractivity contribution in [2.45, 2.75) is 51.2 Å². The van der Waals surface area contributed by atoms with Crippen molar-refractivity contribution in [3.8, 4) is 0 Å². The molecule has 0 saturated carbocycles. The van der Waals surface area contributed by atoms with Gasteiger partial charge in [0, 0.05) is 38.3 Å². The standard InChI is InChI=1S/C16H32N2O2/c1-15(2)11-16(7-9-20-15,13-18(3)4)12-17-10-14-6-5-8-19-14/h14,17H,5-13H2,1-4H3. The lowest BCUT2D eigenvalue weighted by molar-refractivity contribution is -0.109. The van der Waals surface area contributed by atoms with Gasteiger partial charge in [0.1, 0.15) is 0 Å². The summed E-state index contributed by atoms with van der Waals surface area (Å²) >= 11 is 0. The second kappa shape index (κ2) is 6.73. The molecule has 0 bridgehead atoms. The SMILES string of the molecule is CN(C)CC1(CNCC2CCCO2)CCOC(C)(C)C1. The highest BCUT2D eigenvalue weighted by Crippen LogP contribution is 2.38. The van der Waals surface area contributed by atoms with Gasteiger partial charge in [-0.3, -0.25) is 0 Å². The Morgan fingerprint density at radius 3 is 2.65 bits per heavy atom. The number of rotatable bonds is 6. The number of hydrogen-bond acceptors (Lipinski definition) is 4. The molecule has 4 heteroatoms. The van der Waals surface area contributed by atoms with E-state index >= 15 is 0 Å². The quantitative estimate of drug-likeness (QED) is 0.807. The lowest BCUT2D eigenvalue weighted by atomic mass is 9.73. The Hall–Kier alpha value is -0.160. The van der Waals surface area contributed by atoms with Crippen molar-refractivity contribution in [2.24, 2.45) is 5.41 Å². The van der Waals surface area contributed by atoms with Crippen molar-refractivity contribution in [3.05, 3.63) is 0 Å². The largest absolute Gasteiger partial charge is 0.377 e. The minimum absolute atomic E-state index is 0.000200. The summed E-state index contributed by atoms with van der Waals surface area (Å²) in [5.41, 5.74) is 0.323. The summed E-state index contributed by atoms with van der Waals surface area (Å²) in [4.78, 5) is 2.31. The van der Waals surface area contributed by atoms with Crippen LogP contribution in [-0.2, 0) is 9.47 Å². The van der Waals surface area contributed by atoms with E-state index < -0.39 is 0 Å². The first-order valence-corrected chi connectivity index (χ1v) is 8.02. The van der Waals surface area contributed by atoms with Crippen molar-refractivity contribution in [1.29, 1.82) is 0 Å². The van der Waals surface area contributed by atoms with Gasteiger partial charge in [-0.25, -0.2) is 0 Å². The summed E-state index contributed by atoms with van der Waals surface area (Å²) in [6.07, 6.45) is 5.13. The maximum absolute atomic E-state index is 5.91. The van der Waals surface area contributed by atoms with E-state index in [4.69, 9.17) is 9.47 Å². The summed E-state index contributed by atoms with van der Waals surface area (Å²) in [5, 5.41) is 3.67. The van der Waals surface area contributed by atoms with Gasteiger partial charge in [-0.2, -0.15) is 0 Å². The number of nitrogens with one attached hydrogen (secondary N) is 1. The Morgan fingerprint density at radius 2 is 2.05 bits per heavy atom. The third-order valence-electron chi connectivity index (χ3n) is 4.47. The van der Waals surface area contributed by atoms with Crippen LogP contribution in [0.5, 0.6) is 0 Å². The maximum Gasteiger partial charge on any atom is 0.0700 e. The molecule has 20 heavy (non-hydrogen) atoms. The first-order chi connectivity index (χ1) is 9.41. The van der Waals surface area contributed by atoms with Crippen LogP contribution in [-0.4, -0.2) is 63.5 Å². The van der Waals surface area contributed by atoms with Crippen LogP contribution in [0.1, 0.15) is 39.5 Å². The first kappa shape index (κ1) is 16.2.